The van der Waals surface area contributed by atoms with Gasteiger partial charge in [-0.25, -0.2) is 4.99 Å². The highest BCUT2D eigenvalue weighted by Crippen LogP contribution is 2.19. The van der Waals surface area contributed by atoms with Crippen LogP contribution in [-0.2, 0) is 4.74 Å². The Morgan fingerprint density at radius 1 is 1.57 bits per heavy atom. The summed E-state index contributed by atoms with van der Waals surface area (Å²) in [7, 11) is 0. The number of hydrogen-bond donors (Lipinski definition) is 1. The molecule has 0 radical (unpaired) electrons. The van der Waals surface area contributed by atoms with Gasteiger partial charge in [0.2, 0.25) is 5.90 Å². The van der Waals surface area contributed by atoms with E-state index in [1.807, 2.05) is 25.1 Å². The summed E-state index contributed by atoms with van der Waals surface area (Å²) in [5.41, 5.74) is 0.206. The van der Waals surface area contributed by atoms with Crippen molar-refractivity contribution in [2.75, 3.05) is 13.2 Å². The van der Waals surface area contributed by atoms with Gasteiger partial charge in [0.15, 0.2) is 0 Å². The summed E-state index contributed by atoms with van der Waals surface area (Å²) in [6.45, 7) is 2.25. The lowest BCUT2D eigenvalue weighted by Crippen LogP contribution is -2.28. The Bertz CT molecular complexity index is 350. The Kier molecular flexibility index (Phi) is 2.21. The Hall–Kier alpha value is -1.42. The summed E-state index contributed by atoms with van der Waals surface area (Å²) >= 11 is 0. The van der Waals surface area contributed by atoms with Crippen LogP contribution >= 0.6 is 0 Å². The molecule has 1 N–H and O–H groups in total. The number of nitrogens with zero attached hydrogens (tertiary/aromatic N) is 2. The molecular weight excluding hydrogens is 180 g/mol. The molecule has 1 aliphatic rings. The molecule has 1 unspecified atom stereocenters. The third-order valence-electron chi connectivity index (χ3n) is 2.12. The zero-order chi connectivity index (χ0) is 10.0. The second kappa shape index (κ2) is 3.38. The van der Waals surface area contributed by atoms with E-state index in [4.69, 9.17) is 9.84 Å². The average molecular weight is 192 g/mol. The van der Waals surface area contributed by atoms with Crippen LogP contribution in [0, 0.1) is 0 Å². The maximum Gasteiger partial charge on any atom is 0.236 e. The van der Waals surface area contributed by atoms with Gasteiger partial charge in [-0.3, -0.25) is 4.98 Å². The quantitative estimate of drug-likeness (QED) is 0.747. The standard InChI is InChI=1S/C10H12N2O2/c1-10(6-13)7-14-9(12-10)8-4-2-3-5-11-8/h2-5,13H,6-7H2,1H3. The third kappa shape index (κ3) is 1.61. The molecule has 2 heterocycles. The number of rotatable bonds is 2. The highest BCUT2D eigenvalue weighted by atomic mass is 16.5. The van der Waals surface area contributed by atoms with Crippen LogP contribution in [0.3, 0.4) is 0 Å². The molecule has 0 saturated carbocycles. The molecule has 74 valence electrons. The van der Waals surface area contributed by atoms with Crippen LogP contribution in [0.15, 0.2) is 29.4 Å². The maximum atomic E-state index is 9.08. The molecular formula is C10H12N2O2. The molecule has 1 aromatic rings. The van der Waals surface area contributed by atoms with Crippen LogP contribution in [0.4, 0.5) is 0 Å². The predicted molar refractivity (Wildman–Crippen MR) is 52.2 cm³/mol. The molecule has 1 aliphatic heterocycles. The topological polar surface area (TPSA) is 54.7 Å². The first-order valence-corrected chi connectivity index (χ1v) is 4.48. The van der Waals surface area contributed by atoms with Gasteiger partial charge in [0, 0.05) is 6.20 Å². The molecule has 4 heteroatoms. The van der Waals surface area contributed by atoms with Crippen molar-refractivity contribution in [1.82, 2.24) is 4.98 Å². The lowest BCUT2D eigenvalue weighted by Gasteiger charge is -2.12. The summed E-state index contributed by atoms with van der Waals surface area (Å²) in [5.74, 6) is 0.516. The molecule has 0 bridgehead atoms. The Labute approximate surface area is 82.3 Å². The smallest absolute Gasteiger partial charge is 0.236 e. The first kappa shape index (κ1) is 9.15. The minimum atomic E-state index is -0.507. The molecule has 14 heavy (non-hydrogen) atoms. The van der Waals surface area contributed by atoms with Gasteiger partial charge in [0.05, 0.1) is 6.61 Å². The molecule has 0 fully saturated rings. The van der Waals surface area contributed by atoms with Crippen molar-refractivity contribution in [3.63, 3.8) is 0 Å². The number of pyridine rings is 1. The van der Waals surface area contributed by atoms with Gasteiger partial charge >= 0.3 is 0 Å². The van der Waals surface area contributed by atoms with Crippen molar-refractivity contribution in [2.45, 2.75) is 12.5 Å². The number of aromatic nitrogens is 1. The van der Waals surface area contributed by atoms with Gasteiger partial charge in [0.1, 0.15) is 17.8 Å². The van der Waals surface area contributed by atoms with Gasteiger partial charge in [-0.2, -0.15) is 0 Å². The zero-order valence-corrected chi connectivity index (χ0v) is 7.97. The summed E-state index contributed by atoms with van der Waals surface area (Å²) < 4.78 is 5.37. The van der Waals surface area contributed by atoms with Crippen LogP contribution in [0.25, 0.3) is 0 Å². The van der Waals surface area contributed by atoms with Crippen molar-refractivity contribution >= 4 is 5.90 Å². The Morgan fingerprint density at radius 3 is 3.00 bits per heavy atom. The summed E-state index contributed by atoms with van der Waals surface area (Å²) in [5, 5.41) is 9.08. The van der Waals surface area contributed by atoms with Crippen LogP contribution in [-0.4, -0.2) is 34.7 Å². The molecule has 0 spiro atoms. The number of aliphatic hydroxyl groups excluding tert-OH is 1. The number of aliphatic hydroxyl groups is 1. The first-order valence-electron chi connectivity index (χ1n) is 4.48. The van der Waals surface area contributed by atoms with E-state index in [-0.39, 0.29) is 6.61 Å². The molecule has 2 rings (SSSR count). The fourth-order valence-electron chi connectivity index (χ4n) is 1.24. The second-order valence-electron chi connectivity index (χ2n) is 3.58. The number of hydrogen-bond acceptors (Lipinski definition) is 4. The largest absolute Gasteiger partial charge is 0.474 e. The van der Waals surface area contributed by atoms with Crippen molar-refractivity contribution in [1.29, 1.82) is 0 Å². The van der Waals surface area contributed by atoms with Gasteiger partial charge in [-0.05, 0) is 19.1 Å². The average Bonchev–Trinajstić information content (AvgIpc) is 2.63. The van der Waals surface area contributed by atoms with E-state index < -0.39 is 5.54 Å². The van der Waals surface area contributed by atoms with Gasteiger partial charge in [-0.1, -0.05) is 6.07 Å². The fourth-order valence-corrected chi connectivity index (χ4v) is 1.24. The molecule has 0 saturated heterocycles. The lowest BCUT2D eigenvalue weighted by molar-refractivity contribution is 0.170. The molecule has 1 atom stereocenters. The number of ether oxygens (including phenoxy) is 1. The van der Waals surface area contributed by atoms with E-state index in [1.54, 1.807) is 6.20 Å². The van der Waals surface area contributed by atoms with E-state index in [0.717, 1.165) is 0 Å². The normalized spacial score (nSPS) is 25.7. The van der Waals surface area contributed by atoms with E-state index in [2.05, 4.69) is 9.98 Å². The van der Waals surface area contributed by atoms with Crippen LogP contribution in [0.2, 0.25) is 0 Å². The Balaban J connectivity index is 2.27. The minimum absolute atomic E-state index is 0.0106. The van der Waals surface area contributed by atoms with Crippen molar-refractivity contribution in [3.8, 4) is 0 Å². The maximum absolute atomic E-state index is 9.08. The molecule has 0 amide bonds. The summed E-state index contributed by atoms with van der Waals surface area (Å²) in [4.78, 5) is 8.41. The number of aliphatic imine (C=N–C) groups is 1. The third-order valence-corrected chi connectivity index (χ3v) is 2.12. The highest BCUT2D eigenvalue weighted by molar-refractivity contribution is 5.93. The molecule has 1 aromatic heterocycles. The van der Waals surface area contributed by atoms with Gasteiger partial charge in [0.25, 0.3) is 0 Å². The van der Waals surface area contributed by atoms with Crippen LogP contribution < -0.4 is 0 Å². The van der Waals surface area contributed by atoms with E-state index in [0.29, 0.717) is 18.2 Å². The summed E-state index contributed by atoms with van der Waals surface area (Å²) in [6, 6.07) is 5.55. The summed E-state index contributed by atoms with van der Waals surface area (Å²) in [6.07, 6.45) is 1.69. The van der Waals surface area contributed by atoms with E-state index in [9.17, 15) is 0 Å². The zero-order valence-electron chi connectivity index (χ0n) is 7.97. The highest BCUT2D eigenvalue weighted by Gasteiger charge is 2.31. The molecule has 0 aliphatic carbocycles. The van der Waals surface area contributed by atoms with Crippen molar-refractivity contribution < 1.29 is 9.84 Å². The minimum Gasteiger partial charge on any atom is -0.474 e. The molecule has 4 nitrogen and oxygen atoms in total. The lowest BCUT2D eigenvalue weighted by atomic mass is 10.1. The monoisotopic (exact) mass is 192 g/mol. The second-order valence-corrected chi connectivity index (χ2v) is 3.58. The Morgan fingerprint density at radius 2 is 2.43 bits per heavy atom. The van der Waals surface area contributed by atoms with Crippen LogP contribution in [0.1, 0.15) is 12.6 Å². The van der Waals surface area contributed by atoms with Crippen molar-refractivity contribution in [3.05, 3.63) is 30.1 Å². The van der Waals surface area contributed by atoms with Crippen molar-refractivity contribution in [2.24, 2.45) is 4.99 Å². The predicted octanol–water partition coefficient (Wildman–Crippen LogP) is 0.609. The molecule has 0 aromatic carbocycles. The van der Waals surface area contributed by atoms with E-state index in [1.165, 1.54) is 0 Å². The first-order chi connectivity index (χ1) is 6.73. The van der Waals surface area contributed by atoms with Crippen LogP contribution in [0.5, 0.6) is 0 Å². The van der Waals surface area contributed by atoms with E-state index >= 15 is 0 Å². The fraction of sp³-hybridized carbons (Fsp3) is 0.400. The SMILES string of the molecule is CC1(CO)COC(c2ccccn2)=N1. The van der Waals surface area contributed by atoms with Gasteiger partial charge < -0.3 is 9.84 Å². The van der Waals surface area contributed by atoms with Gasteiger partial charge in [-0.15, -0.1) is 0 Å².